The fraction of sp³-hybridized carbons (Fsp3) is 0.389. The van der Waals surface area contributed by atoms with Gasteiger partial charge < -0.3 is 32.0 Å². The minimum absolute atomic E-state index is 0.113. The molecule has 0 saturated heterocycles. The normalized spacial score (nSPS) is 13.3. The number of rotatable bonds is 17. The lowest BCUT2D eigenvalue weighted by Crippen LogP contribution is -2.57. The van der Waals surface area contributed by atoms with Crippen molar-refractivity contribution in [1.29, 1.82) is 0 Å². The number of para-hydroxylation sites is 1. The van der Waals surface area contributed by atoms with Gasteiger partial charge in [0.05, 0.1) is 11.1 Å². The van der Waals surface area contributed by atoms with Gasteiger partial charge in [0.15, 0.2) is 0 Å². The molecule has 0 fully saturated rings. The maximum Gasteiger partial charge on any atom is 0.245 e. The molecule has 3 amide bonds. The molecular formula is C36H45Cl2N7O3S. The summed E-state index contributed by atoms with van der Waals surface area (Å²) in [5, 5.41) is 9.17. The van der Waals surface area contributed by atoms with Crippen molar-refractivity contribution in [3.05, 3.63) is 87.7 Å². The predicted octanol–water partition coefficient (Wildman–Crippen LogP) is 5.61. The van der Waals surface area contributed by atoms with Crippen LogP contribution in [0.4, 0.5) is 0 Å². The summed E-state index contributed by atoms with van der Waals surface area (Å²) < 4.78 is 0. The summed E-state index contributed by atoms with van der Waals surface area (Å²) in [6, 6.07) is 12.7. The number of benzene rings is 2. The zero-order valence-electron chi connectivity index (χ0n) is 28.3. The number of aryl methyl sites for hydroxylation is 1. The van der Waals surface area contributed by atoms with Crippen LogP contribution in [-0.4, -0.2) is 64.3 Å². The van der Waals surface area contributed by atoms with E-state index in [4.69, 9.17) is 34.7 Å². The van der Waals surface area contributed by atoms with Gasteiger partial charge in [-0.05, 0) is 79.6 Å². The first kappa shape index (κ1) is 38.2. The van der Waals surface area contributed by atoms with Crippen LogP contribution >= 0.6 is 35.0 Å². The molecule has 0 saturated carbocycles. The van der Waals surface area contributed by atoms with Gasteiger partial charge in [0.1, 0.15) is 17.1 Å². The molecule has 13 heteroatoms. The van der Waals surface area contributed by atoms with Gasteiger partial charge in [0, 0.05) is 53.2 Å². The summed E-state index contributed by atoms with van der Waals surface area (Å²) in [5.41, 5.74) is 15.2. The third-order valence-electron chi connectivity index (χ3n) is 8.50. The molecule has 4 rings (SSSR count). The number of hydrogen-bond acceptors (Lipinski definition) is 7. The fourth-order valence-electron chi connectivity index (χ4n) is 5.76. The maximum atomic E-state index is 14.0. The molecule has 0 spiro atoms. The molecule has 2 aromatic heterocycles. The molecule has 262 valence electrons. The number of aromatic nitrogens is 2. The summed E-state index contributed by atoms with van der Waals surface area (Å²) >= 11 is 14.1. The third kappa shape index (κ3) is 9.98. The molecule has 7 N–H and O–H groups in total. The first-order chi connectivity index (χ1) is 23.4. The van der Waals surface area contributed by atoms with Crippen LogP contribution in [0.15, 0.2) is 70.8 Å². The topological polar surface area (TPSA) is 159 Å². The number of hydrogen-bond donors (Lipinski definition) is 5. The van der Waals surface area contributed by atoms with Crippen molar-refractivity contribution in [1.82, 2.24) is 25.5 Å². The number of unbranched alkanes of at least 4 members (excludes halogenated alkanes) is 1. The standard InChI is InChI=1S/C36H45Cl2N7O3S/c1-21(2)31(43-19-23-10-9-15-41-35(23)49-32-22(3)16-25(37)18-27(32)38)34(47)44-29(13-7-8-14-39)36(48)45(4)30(33(40)46)17-24-20-42-28-12-6-5-11-26(24)28/h5-6,9-12,15-16,18,20-21,29-31,42-43H,7-8,13-14,17,19,39H2,1-4H3,(H2,40,46)(H,44,47)/t29-,30-,31?/m0/s1. The fourth-order valence-corrected chi connectivity index (χ4v) is 7.43. The van der Waals surface area contributed by atoms with E-state index in [1.54, 1.807) is 19.3 Å². The van der Waals surface area contributed by atoms with E-state index in [0.29, 0.717) is 42.4 Å². The number of likely N-dealkylation sites (N-methyl/N-ethyl adjacent to an activating group) is 1. The number of nitrogens with one attached hydrogen (secondary N) is 3. The minimum atomic E-state index is -0.918. The van der Waals surface area contributed by atoms with Gasteiger partial charge in [-0.2, -0.15) is 0 Å². The Morgan fingerprint density at radius 1 is 1.06 bits per heavy atom. The zero-order valence-corrected chi connectivity index (χ0v) is 30.6. The molecule has 0 radical (unpaired) electrons. The van der Waals surface area contributed by atoms with Crippen molar-refractivity contribution in [2.45, 2.75) is 81.0 Å². The van der Waals surface area contributed by atoms with Crippen LogP contribution in [0.2, 0.25) is 10.0 Å². The van der Waals surface area contributed by atoms with E-state index in [9.17, 15) is 14.4 Å². The Morgan fingerprint density at radius 3 is 2.51 bits per heavy atom. The summed E-state index contributed by atoms with van der Waals surface area (Å²) in [5.74, 6) is -1.46. The van der Waals surface area contributed by atoms with Crippen LogP contribution in [0, 0.1) is 12.8 Å². The lowest BCUT2D eigenvalue weighted by Gasteiger charge is -2.31. The number of aromatic amines is 1. The Bertz CT molecular complexity index is 1740. The van der Waals surface area contributed by atoms with Crippen LogP contribution in [0.3, 0.4) is 0 Å². The second-order valence-corrected chi connectivity index (χ2v) is 14.3. The minimum Gasteiger partial charge on any atom is -0.368 e. The Morgan fingerprint density at radius 2 is 1.82 bits per heavy atom. The number of H-pyrrole nitrogens is 1. The molecule has 49 heavy (non-hydrogen) atoms. The number of fused-ring (bicyclic) bond motifs is 1. The van der Waals surface area contributed by atoms with Gasteiger partial charge in [-0.25, -0.2) is 4.98 Å². The monoisotopic (exact) mass is 725 g/mol. The van der Waals surface area contributed by atoms with Gasteiger partial charge in [-0.15, -0.1) is 0 Å². The summed E-state index contributed by atoms with van der Waals surface area (Å²) in [6.45, 7) is 6.62. The SMILES string of the molecule is Cc1cc(Cl)cc(Cl)c1Sc1ncccc1CNC(C(=O)N[C@@H](CCCCN)C(=O)N(C)[C@@H](Cc1c[nH]c2ccccc12)C(N)=O)C(C)C. The zero-order chi connectivity index (χ0) is 35.7. The molecule has 0 bridgehead atoms. The van der Waals surface area contributed by atoms with Crippen LogP contribution < -0.4 is 22.1 Å². The lowest BCUT2D eigenvalue weighted by atomic mass is 10.00. The average molecular weight is 727 g/mol. The van der Waals surface area contributed by atoms with E-state index >= 15 is 0 Å². The average Bonchev–Trinajstić information content (AvgIpc) is 3.47. The Hall–Kier alpha value is -3.61. The quantitative estimate of drug-likeness (QED) is 0.0885. The molecule has 2 aromatic carbocycles. The third-order valence-corrected chi connectivity index (χ3v) is 10.4. The molecule has 1 unspecified atom stereocenters. The highest BCUT2D eigenvalue weighted by molar-refractivity contribution is 7.99. The van der Waals surface area contributed by atoms with E-state index in [2.05, 4.69) is 20.6 Å². The van der Waals surface area contributed by atoms with E-state index < -0.39 is 29.9 Å². The molecule has 10 nitrogen and oxygen atoms in total. The molecule has 0 aliphatic carbocycles. The molecule has 4 aromatic rings. The van der Waals surface area contributed by atoms with Crippen LogP contribution in [0.25, 0.3) is 10.9 Å². The lowest BCUT2D eigenvalue weighted by molar-refractivity contribution is -0.141. The second-order valence-electron chi connectivity index (χ2n) is 12.5. The molecular weight excluding hydrogens is 681 g/mol. The highest BCUT2D eigenvalue weighted by atomic mass is 35.5. The van der Waals surface area contributed by atoms with Crippen LogP contribution in [-0.2, 0) is 27.3 Å². The van der Waals surface area contributed by atoms with Crippen molar-refractivity contribution in [2.75, 3.05) is 13.6 Å². The molecule has 3 atom stereocenters. The summed E-state index contributed by atoms with van der Waals surface area (Å²) in [4.78, 5) is 50.6. The van der Waals surface area contributed by atoms with Gasteiger partial charge in [0.2, 0.25) is 17.7 Å². The van der Waals surface area contributed by atoms with Crippen LogP contribution in [0.1, 0.15) is 49.8 Å². The van der Waals surface area contributed by atoms with Crippen LogP contribution in [0.5, 0.6) is 0 Å². The number of nitrogens with two attached hydrogens (primary N) is 2. The van der Waals surface area contributed by atoms with E-state index in [1.807, 2.05) is 69.4 Å². The van der Waals surface area contributed by atoms with Gasteiger partial charge in [-0.1, -0.05) is 73.1 Å². The summed E-state index contributed by atoms with van der Waals surface area (Å²) in [6.07, 6.45) is 5.43. The number of primary amides is 1. The van der Waals surface area contributed by atoms with Crippen molar-refractivity contribution >= 4 is 63.6 Å². The van der Waals surface area contributed by atoms with Crippen molar-refractivity contribution in [3.8, 4) is 0 Å². The number of halogens is 2. The molecule has 2 heterocycles. The number of carbonyl (C=O) groups excluding carboxylic acids is 3. The Kier molecular flexibility index (Phi) is 13.9. The number of pyridine rings is 1. The maximum absolute atomic E-state index is 14.0. The first-order valence-corrected chi connectivity index (χ1v) is 17.9. The highest BCUT2D eigenvalue weighted by Gasteiger charge is 2.33. The van der Waals surface area contributed by atoms with E-state index in [-0.39, 0.29) is 18.2 Å². The highest BCUT2D eigenvalue weighted by Crippen LogP contribution is 2.38. The number of nitrogens with zero attached hydrogens (tertiary/aromatic N) is 2. The predicted molar refractivity (Wildman–Crippen MR) is 198 cm³/mol. The van der Waals surface area contributed by atoms with E-state index in [0.717, 1.165) is 37.5 Å². The van der Waals surface area contributed by atoms with Gasteiger partial charge >= 0.3 is 0 Å². The number of amides is 3. The largest absolute Gasteiger partial charge is 0.368 e. The van der Waals surface area contributed by atoms with E-state index in [1.165, 1.54) is 16.7 Å². The second kappa shape index (κ2) is 17.9. The Labute approximate surface area is 302 Å². The first-order valence-electron chi connectivity index (χ1n) is 16.3. The van der Waals surface area contributed by atoms with Crippen molar-refractivity contribution in [3.63, 3.8) is 0 Å². The molecule has 0 aliphatic heterocycles. The van der Waals surface area contributed by atoms with Crippen molar-refractivity contribution in [2.24, 2.45) is 17.4 Å². The van der Waals surface area contributed by atoms with Gasteiger partial charge in [-0.3, -0.25) is 14.4 Å². The van der Waals surface area contributed by atoms with Crippen molar-refractivity contribution < 1.29 is 14.4 Å². The summed E-state index contributed by atoms with van der Waals surface area (Å²) in [7, 11) is 1.56. The van der Waals surface area contributed by atoms with Gasteiger partial charge in [0.25, 0.3) is 0 Å². The Balaban J connectivity index is 1.50. The smallest absolute Gasteiger partial charge is 0.245 e. The molecule has 0 aliphatic rings. The number of carbonyl (C=O) groups is 3.